The lowest BCUT2D eigenvalue weighted by Crippen LogP contribution is -2.51. The Morgan fingerprint density at radius 2 is 2.15 bits per heavy atom. The summed E-state index contributed by atoms with van der Waals surface area (Å²) >= 11 is 0. The predicted molar refractivity (Wildman–Crippen MR) is 76.7 cm³/mol. The van der Waals surface area contributed by atoms with Crippen molar-refractivity contribution in [2.45, 2.75) is 13.5 Å². The highest BCUT2D eigenvalue weighted by atomic mass is 16.5. The lowest BCUT2D eigenvalue weighted by atomic mass is 10.2. The van der Waals surface area contributed by atoms with Gasteiger partial charge in [-0.15, -0.1) is 0 Å². The van der Waals surface area contributed by atoms with Crippen LogP contribution in [0.5, 0.6) is 5.88 Å². The van der Waals surface area contributed by atoms with Gasteiger partial charge in [0.15, 0.2) is 0 Å². The number of nitrogens with one attached hydrogen (secondary N) is 1. The third-order valence-corrected chi connectivity index (χ3v) is 3.58. The van der Waals surface area contributed by atoms with E-state index in [4.69, 9.17) is 4.74 Å². The number of nitrogens with zero attached hydrogens (tertiary/aromatic N) is 3. The number of rotatable bonds is 4. The first-order valence-corrected chi connectivity index (χ1v) is 6.97. The van der Waals surface area contributed by atoms with Crippen molar-refractivity contribution in [3.8, 4) is 5.88 Å². The van der Waals surface area contributed by atoms with Crippen LogP contribution in [-0.2, 0) is 6.54 Å². The number of hydrogen-bond acceptors (Lipinski definition) is 4. The van der Waals surface area contributed by atoms with Crippen LogP contribution in [0, 0.1) is 0 Å². The number of likely N-dealkylation sites (N-methyl/N-ethyl adjacent to an activating group) is 1. The predicted octanol–water partition coefficient (Wildman–Crippen LogP) is 0.937. The van der Waals surface area contributed by atoms with Gasteiger partial charge >= 0.3 is 6.03 Å². The summed E-state index contributed by atoms with van der Waals surface area (Å²) in [5.74, 6) is 0.559. The van der Waals surface area contributed by atoms with E-state index < -0.39 is 0 Å². The highest BCUT2D eigenvalue weighted by molar-refractivity contribution is 5.74. The Morgan fingerprint density at radius 3 is 2.80 bits per heavy atom. The number of hydrogen-bond donors (Lipinski definition) is 1. The Balaban J connectivity index is 1.83. The van der Waals surface area contributed by atoms with Crippen molar-refractivity contribution >= 4 is 6.03 Å². The number of carbonyl (C=O) groups is 1. The minimum Gasteiger partial charge on any atom is -0.481 e. The fourth-order valence-corrected chi connectivity index (χ4v) is 2.29. The molecule has 0 aromatic carbocycles. The molecular weight excluding hydrogens is 256 g/mol. The van der Waals surface area contributed by atoms with Crippen LogP contribution in [0.15, 0.2) is 18.3 Å². The molecule has 1 aromatic rings. The molecule has 1 N–H and O–H groups in total. The van der Waals surface area contributed by atoms with Gasteiger partial charge in [-0.1, -0.05) is 13.0 Å². The minimum absolute atomic E-state index is 0.0216. The molecule has 2 rings (SSSR count). The fraction of sp³-hybridized carbons (Fsp3) is 0.571. The third-order valence-electron chi connectivity index (χ3n) is 3.58. The summed E-state index contributed by atoms with van der Waals surface area (Å²) in [5.41, 5.74) is 0.885. The fourth-order valence-electron chi connectivity index (χ4n) is 2.29. The van der Waals surface area contributed by atoms with Gasteiger partial charge in [0.25, 0.3) is 0 Å². The molecule has 1 saturated heterocycles. The van der Waals surface area contributed by atoms with E-state index in [1.165, 1.54) is 0 Å². The Hall–Kier alpha value is -1.82. The molecule has 1 aliphatic rings. The number of methoxy groups -OCH3 is 1. The van der Waals surface area contributed by atoms with Crippen molar-refractivity contribution in [3.63, 3.8) is 0 Å². The van der Waals surface area contributed by atoms with Crippen LogP contribution in [0.3, 0.4) is 0 Å². The number of pyridine rings is 1. The number of amides is 2. The van der Waals surface area contributed by atoms with Crippen molar-refractivity contribution in [1.29, 1.82) is 0 Å². The van der Waals surface area contributed by atoms with Crippen molar-refractivity contribution in [3.05, 3.63) is 23.9 Å². The van der Waals surface area contributed by atoms with Crippen LogP contribution >= 0.6 is 0 Å². The van der Waals surface area contributed by atoms with Gasteiger partial charge in [0.1, 0.15) is 0 Å². The van der Waals surface area contributed by atoms with Crippen LogP contribution < -0.4 is 10.1 Å². The Bertz CT molecular complexity index is 445. The lowest BCUT2D eigenvalue weighted by molar-refractivity contribution is 0.142. The zero-order valence-corrected chi connectivity index (χ0v) is 12.1. The molecule has 2 amide bonds. The molecule has 0 saturated carbocycles. The van der Waals surface area contributed by atoms with Crippen LogP contribution in [-0.4, -0.2) is 60.6 Å². The Morgan fingerprint density at radius 1 is 1.40 bits per heavy atom. The number of ether oxygens (including phenoxy) is 1. The monoisotopic (exact) mass is 278 g/mol. The van der Waals surface area contributed by atoms with Crippen LogP contribution in [0.1, 0.15) is 12.5 Å². The SMILES string of the molecule is CCN1CCN(C(=O)NCc2cccnc2OC)CC1. The molecule has 0 radical (unpaired) electrons. The Labute approximate surface area is 119 Å². The smallest absolute Gasteiger partial charge is 0.317 e. The topological polar surface area (TPSA) is 57.7 Å². The first-order chi connectivity index (χ1) is 9.74. The van der Waals surface area contributed by atoms with E-state index in [0.29, 0.717) is 12.4 Å². The minimum atomic E-state index is -0.0216. The van der Waals surface area contributed by atoms with Gasteiger partial charge in [0, 0.05) is 44.5 Å². The summed E-state index contributed by atoms with van der Waals surface area (Å²) in [4.78, 5) is 20.4. The van der Waals surface area contributed by atoms with Crippen molar-refractivity contribution in [2.24, 2.45) is 0 Å². The summed E-state index contributed by atoms with van der Waals surface area (Å²) in [6, 6.07) is 3.72. The van der Waals surface area contributed by atoms with Crippen molar-refractivity contribution in [2.75, 3.05) is 39.8 Å². The second kappa shape index (κ2) is 7.09. The molecule has 0 bridgehead atoms. The summed E-state index contributed by atoms with van der Waals surface area (Å²) in [6.07, 6.45) is 1.67. The van der Waals surface area contributed by atoms with Gasteiger partial charge in [-0.05, 0) is 12.6 Å². The summed E-state index contributed by atoms with van der Waals surface area (Å²) in [5, 5.41) is 2.92. The molecule has 0 atom stereocenters. The van der Waals surface area contributed by atoms with Crippen molar-refractivity contribution in [1.82, 2.24) is 20.1 Å². The van der Waals surface area contributed by atoms with E-state index in [2.05, 4.69) is 22.1 Å². The van der Waals surface area contributed by atoms with Crippen LogP contribution in [0.2, 0.25) is 0 Å². The molecule has 0 aliphatic carbocycles. The highest BCUT2D eigenvalue weighted by Gasteiger charge is 2.19. The highest BCUT2D eigenvalue weighted by Crippen LogP contribution is 2.13. The molecule has 0 spiro atoms. The first kappa shape index (κ1) is 14.6. The maximum Gasteiger partial charge on any atom is 0.317 e. The second-order valence-corrected chi connectivity index (χ2v) is 4.75. The van der Waals surface area contributed by atoms with Crippen molar-refractivity contribution < 1.29 is 9.53 Å². The maximum atomic E-state index is 12.1. The molecule has 2 heterocycles. The third kappa shape index (κ3) is 3.60. The molecule has 6 heteroatoms. The normalized spacial score (nSPS) is 16.0. The summed E-state index contributed by atoms with van der Waals surface area (Å²) in [6.45, 7) is 7.07. The van der Waals surface area contributed by atoms with Gasteiger partial charge in [0.2, 0.25) is 5.88 Å². The van der Waals surface area contributed by atoms with E-state index in [1.54, 1.807) is 13.3 Å². The lowest BCUT2D eigenvalue weighted by Gasteiger charge is -2.34. The average Bonchev–Trinajstić information content (AvgIpc) is 2.53. The van der Waals surface area contributed by atoms with E-state index in [9.17, 15) is 4.79 Å². The molecule has 0 unspecified atom stereocenters. The number of carbonyl (C=O) groups excluding carboxylic acids is 1. The number of piperazine rings is 1. The zero-order chi connectivity index (χ0) is 14.4. The van der Waals surface area contributed by atoms with Gasteiger partial charge < -0.3 is 19.9 Å². The Kier molecular flexibility index (Phi) is 5.17. The van der Waals surface area contributed by atoms with E-state index in [1.807, 2.05) is 17.0 Å². The molecule has 20 heavy (non-hydrogen) atoms. The molecule has 6 nitrogen and oxygen atoms in total. The summed E-state index contributed by atoms with van der Waals surface area (Å²) < 4.78 is 5.17. The van der Waals surface area contributed by atoms with E-state index in [0.717, 1.165) is 38.3 Å². The molecular formula is C14H22N4O2. The van der Waals surface area contributed by atoms with Gasteiger partial charge in [-0.25, -0.2) is 9.78 Å². The molecule has 1 fully saturated rings. The van der Waals surface area contributed by atoms with Gasteiger partial charge in [-0.3, -0.25) is 0 Å². The van der Waals surface area contributed by atoms with Crippen LogP contribution in [0.4, 0.5) is 4.79 Å². The van der Waals surface area contributed by atoms with Gasteiger partial charge in [0.05, 0.1) is 7.11 Å². The molecule has 1 aromatic heterocycles. The summed E-state index contributed by atoms with van der Waals surface area (Å²) in [7, 11) is 1.58. The second-order valence-electron chi connectivity index (χ2n) is 4.75. The quantitative estimate of drug-likeness (QED) is 0.890. The molecule has 110 valence electrons. The first-order valence-electron chi connectivity index (χ1n) is 6.97. The molecule has 1 aliphatic heterocycles. The van der Waals surface area contributed by atoms with Crippen LogP contribution in [0.25, 0.3) is 0 Å². The zero-order valence-electron chi connectivity index (χ0n) is 12.1. The number of urea groups is 1. The average molecular weight is 278 g/mol. The van der Waals surface area contributed by atoms with E-state index in [-0.39, 0.29) is 6.03 Å². The largest absolute Gasteiger partial charge is 0.481 e. The van der Waals surface area contributed by atoms with Gasteiger partial charge in [-0.2, -0.15) is 0 Å². The number of aromatic nitrogens is 1. The standard InChI is InChI=1S/C14H22N4O2/c1-3-17-7-9-18(10-8-17)14(19)16-11-12-5-4-6-15-13(12)20-2/h4-6H,3,7-11H2,1-2H3,(H,16,19). The maximum absolute atomic E-state index is 12.1. The van der Waals surface area contributed by atoms with E-state index >= 15 is 0 Å².